The fourth-order valence-electron chi connectivity index (χ4n) is 3.29. The van der Waals surface area contributed by atoms with E-state index in [0.717, 1.165) is 25.7 Å². The third-order valence-electron chi connectivity index (χ3n) is 4.41. The molecule has 1 aliphatic heterocycles. The first-order valence-corrected chi connectivity index (χ1v) is 7.07. The number of carbonyl (C=O) groups is 3. The maximum absolute atomic E-state index is 12.5. The lowest BCUT2D eigenvalue weighted by Gasteiger charge is -2.20. The van der Waals surface area contributed by atoms with Crippen LogP contribution in [0.4, 0.5) is 0 Å². The largest absolute Gasteiger partial charge is 0.463 e. The Morgan fingerprint density at radius 3 is 2.71 bits per heavy atom. The molecule has 1 aromatic rings. The number of imide groups is 1. The van der Waals surface area contributed by atoms with Crippen LogP contribution in [0.25, 0.3) is 0 Å². The number of carbonyl (C=O) groups excluding carboxylic acids is 3. The van der Waals surface area contributed by atoms with Crippen molar-refractivity contribution in [3.63, 3.8) is 0 Å². The standard InChI is InChI=1S/C15H17NO5/c1-20-13(18)11-5-4-10(21-11)9-16-12(17)8-15(14(16)19)6-2-3-7-15/h4-5H,2-3,6-9H2,1H3. The Hall–Kier alpha value is -2.11. The molecule has 1 saturated heterocycles. The van der Waals surface area contributed by atoms with Gasteiger partial charge in [0.1, 0.15) is 5.76 Å². The van der Waals surface area contributed by atoms with Crippen molar-refractivity contribution in [2.45, 2.75) is 38.6 Å². The molecule has 0 N–H and O–H groups in total. The van der Waals surface area contributed by atoms with Gasteiger partial charge in [0.05, 0.1) is 19.1 Å². The maximum atomic E-state index is 12.5. The van der Waals surface area contributed by atoms with Crippen LogP contribution in [-0.2, 0) is 20.9 Å². The third-order valence-corrected chi connectivity index (χ3v) is 4.41. The van der Waals surface area contributed by atoms with Gasteiger partial charge in [0.2, 0.25) is 17.6 Å². The molecule has 2 heterocycles. The minimum Gasteiger partial charge on any atom is -0.463 e. The zero-order valence-corrected chi connectivity index (χ0v) is 11.9. The van der Waals surface area contributed by atoms with Crippen LogP contribution in [-0.4, -0.2) is 29.8 Å². The van der Waals surface area contributed by atoms with Gasteiger partial charge in [0.25, 0.3) is 0 Å². The number of furan rings is 1. The van der Waals surface area contributed by atoms with E-state index in [-0.39, 0.29) is 24.1 Å². The van der Waals surface area contributed by atoms with Crippen molar-refractivity contribution < 1.29 is 23.5 Å². The number of hydrogen-bond acceptors (Lipinski definition) is 5. The van der Waals surface area contributed by atoms with Gasteiger partial charge in [-0.15, -0.1) is 0 Å². The highest BCUT2D eigenvalue weighted by atomic mass is 16.5. The Morgan fingerprint density at radius 1 is 1.33 bits per heavy atom. The SMILES string of the molecule is COC(=O)c1ccc(CN2C(=O)CC3(CCCC3)C2=O)o1. The lowest BCUT2D eigenvalue weighted by molar-refractivity contribution is -0.142. The monoisotopic (exact) mass is 291 g/mol. The Morgan fingerprint density at radius 2 is 2.05 bits per heavy atom. The number of likely N-dealkylation sites (tertiary alicyclic amines) is 1. The molecule has 0 atom stereocenters. The van der Waals surface area contributed by atoms with Gasteiger partial charge < -0.3 is 9.15 Å². The Balaban J connectivity index is 1.76. The predicted molar refractivity (Wildman–Crippen MR) is 71.1 cm³/mol. The van der Waals surface area contributed by atoms with E-state index in [0.29, 0.717) is 12.2 Å². The molecule has 2 aliphatic rings. The first-order chi connectivity index (χ1) is 10.1. The summed E-state index contributed by atoms with van der Waals surface area (Å²) < 4.78 is 9.88. The molecule has 1 aromatic heterocycles. The molecule has 1 aliphatic carbocycles. The number of hydrogen-bond donors (Lipinski definition) is 0. The van der Waals surface area contributed by atoms with Crippen molar-refractivity contribution in [3.8, 4) is 0 Å². The summed E-state index contributed by atoms with van der Waals surface area (Å²) in [5.41, 5.74) is -0.477. The minimum atomic E-state index is -0.576. The average molecular weight is 291 g/mol. The summed E-state index contributed by atoms with van der Waals surface area (Å²) in [7, 11) is 1.27. The zero-order chi connectivity index (χ0) is 15.0. The summed E-state index contributed by atoms with van der Waals surface area (Å²) in [6, 6.07) is 3.07. The van der Waals surface area contributed by atoms with Gasteiger partial charge in [-0.05, 0) is 25.0 Å². The number of ether oxygens (including phenoxy) is 1. The number of rotatable bonds is 3. The van der Waals surface area contributed by atoms with E-state index >= 15 is 0 Å². The van der Waals surface area contributed by atoms with Crippen LogP contribution in [0, 0.1) is 5.41 Å². The molecule has 3 rings (SSSR count). The smallest absolute Gasteiger partial charge is 0.373 e. The summed E-state index contributed by atoms with van der Waals surface area (Å²) in [6.07, 6.45) is 3.88. The third kappa shape index (κ3) is 2.24. The molecule has 6 nitrogen and oxygen atoms in total. The van der Waals surface area contributed by atoms with Crippen molar-refractivity contribution >= 4 is 17.8 Å². The van der Waals surface area contributed by atoms with Gasteiger partial charge in [-0.25, -0.2) is 4.79 Å². The van der Waals surface area contributed by atoms with Crippen molar-refractivity contribution in [2.24, 2.45) is 5.41 Å². The molecular formula is C15H17NO5. The highest BCUT2D eigenvalue weighted by molar-refractivity contribution is 6.05. The van der Waals surface area contributed by atoms with Crippen molar-refractivity contribution in [1.82, 2.24) is 4.90 Å². The Kier molecular flexibility index (Phi) is 3.31. The van der Waals surface area contributed by atoms with E-state index in [1.54, 1.807) is 6.07 Å². The lowest BCUT2D eigenvalue weighted by Crippen LogP contribution is -2.33. The number of methoxy groups -OCH3 is 1. The molecule has 2 amide bonds. The van der Waals surface area contributed by atoms with Gasteiger partial charge in [-0.3, -0.25) is 14.5 Å². The summed E-state index contributed by atoms with van der Waals surface area (Å²) >= 11 is 0. The number of esters is 1. The Bertz CT molecular complexity index is 597. The van der Waals surface area contributed by atoms with Gasteiger partial charge in [0, 0.05) is 6.42 Å². The molecule has 0 bridgehead atoms. The minimum absolute atomic E-state index is 0.0715. The van der Waals surface area contributed by atoms with E-state index < -0.39 is 11.4 Å². The fourth-order valence-corrected chi connectivity index (χ4v) is 3.29. The Labute approximate surface area is 122 Å². The summed E-state index contributed by atoms with van der Waals surface area (Å²) in [4.78, 5) is 37.2. The van der Waals surface area contributed by atoms with E-state index in [1.165, 1.54) is 18.1 Å². The van der Waals surface area contributed by atoms with Crippen LogP contribution in [0.2, 0.25) is 0 Å². The number of nitrogens with zero attached hydrogens (tertiary/aromatic N) is 1. The molecule has 2 fully saturated rings. The van der Waals surface area contributed by atoms with E-state index in [2.05, 4.69) is 4.74 Å². The predicted octanol–water partition coefficient (Wildman–Crippen LogP) is 1.89. The molecule has 6 heteroatoms. The van der Waals surface area contributed by atoms with Crippen LogP contribution < -0.4 is 0 Å². The highest BCUT2D eigenvalue weighted by Gasteiger charge is 2.52. The van der Waals surface area contributed by atoms with Gasteiger partial charge >= 0.3 is 5.97 Å². The summed E-state index contributed by atoms with van der Waals surface area (Å²) in [5.74, 6) is -0.346. The molecule has 21 heavy (non-hydrogen) atoms. The van der Waals surface area contributed by atoms with Crippen LogP contribution in [0.1, 0.15) is 48.4 Å². The molecule has 0 radical (unpaired) electrons. The van der Waals surface area contributed by atoms with E-state index in [9.17, 15) is 14.4 Å². The molecular weight excluding hydrogens is 274 g/mol. The number of amides is 2. The maximum Gasteiger partial charge on any atom is 0.373 e. The van der Waals surface area contributed by atoms with Crippen LogP contribution >= 0.6 is 0 Å². The molecule has 0 aromatic carbocycles. The second-order valence-corrected chi connectivity index (χ2v) is 5.71. The van der Waals surface area contributed by atoms with Crippen LogP contribution in [0.3, 0.4) is 0 Å². The summed E-state index contributed by atoms with van der Waals surface area (Å²) in [6.45, 7) is 0.0798. The zero-order valence-electron chi connectivity index (χ0n) is 11.9. The van der Waals surface area contributed by atoms with E-state index in [1.807, 2.05) is 0 Å². The molecule has 1 saturated carbocycles. The molecule has 0 unspecified atom stereocenters. The second-order valence-electron chi connectivity index (χ2n) is 5.71. The van der Waals surface area contributed by atoms with Crippen molar-refractivity contribution in [1.29, 1.82) is 0 Å². The molecule has 1 spiro atoms. The summed E-state index contributed by atoms with van der Waals surface area (Å²) in [5, 5.41) is 0. The van der Waals surface area contributed by atoms with E-state index in [4.69, 9.17) is 4.42 Å². The fraction of sp³-hybridized carbons (Fsp3) is 0.533. The van der Waals surface area contributed by atoms with Crippen molar-refractivity contribution in [3.05, 3.63) is 23.7 Å². The average Bonchev–Trinajstić information content (AvgIpc) is 3.17. The first kappa shape index (κ1) is 13.9. The lowest BCUT2D eigenvalue weighted by atomic mass is 9.84. The topological polar surface area (TPSA) is 76.8 Å². The van der Waals surface area contributed by atoms with Gasteiger partial charge in [-0.2, -0.15) is 0 Å². The van der Waals surface area contributed by atoms with Crippen molar-refractivity contribution in [2.75, 3.05) is 7.11 Å². The van der Waals surface area contributed by atoms with Crippen LogP contribution in [0.15, 0.2) is 16.5 Å². The molecule has 112 valence electrons. The van der Waals surface area contributed by atoms with Gasteiger partial charge in [-0.1, -0.05) is 12.8 Å². The van der Waals surface area contributed by atoms with Gasteiger partial charge in [0.15, 0.2) is 0 Å². The highest BCUT2D eigenvalue weighted by Crippen LogP contribution is 2.47. The second kappa shape index (κ2) is 5.02. The quantitative estimate of drug-likeness (QED) is 0.628. The first-order valence-electron chi connectivity index (χ1n) is 7.07. The normalized spacial score (nSPS) is 20.5. The van der Waals surface area contributed by atoms with Crippen LogP contribution in [0.5, 0.6) is 0 Å².